The standard InChI is InChI=1S/C42H25N3S/c43-26-27-19-21-39-35(23-27)42(33-17-9-7-15-31(33)32-16-8-10-18-34(32)42)36-24-30(20-22-40(36)46-39)41-44-37(28-11-3-1-4-12-28)25-38(45-41)29-13-5-2-6-14-29/h1-25H. The Morgan fingerprint density at radius 3 is 1.59 bits per heavy atom. The molecule has 9 rings (SSSR count). The minimum absolute atomic E-state index is 0.592. The molecule has 0 atom stereocenters. The molecule has 4 heteroatoms. The van der Waals surface area contributed by atoms with E-state index in [1.165, 1.54) is 37.6 Å². The molecular formula is C42H25N3S. The third-order valence-electron chi connectivity index (χ3n) is 9.19. The topological polar surface area (TPSA) is 49.6 Å². The van der Waals surface area contributed by atoms with Crippen LogP contribution in [0.2, 0.25) is 0 Å². The molecule has 0 unspecified atom stereocenters. The van der Waals surface area contributed by atoms with Gasteiger partial charge in [0.05, 0.1) is 28.4 Å². The molecule has 6 aromatic carbocycles. The maximum Gasteiger partial charge on any atom is 0.160 e. The third-order valence-corrected chi connectivity index (χ3v) is 10.3. The number of rotatable bonds is 3. The summed E-state index contributed by atoms with van der Waals surface area (Å²) in [6, 6.07) is 55.3. The Hall–Kier alpha value is -5.76. The third kappa shape index (κ3) is 3.92. The van der Waals surface area contributed by atoms with Crippen molar-refractivity contribution in [2.75, 3.05) is 0 Å². The number of nitrogens with zero attached hydrogens (tertiary/aromatic N) is 3. The molecular weight excluding hydrogens is 579 g/mol. The SMILES string of the molecule is N#Cc1ccc2c(c1)C1(c3cc(-c4nc(-c5ccccc5)cc(-c5ccccc5)n4)ccc3S2)c2ccccc2-c2ccccc21. The van der Waals surface area contributed by atoms with Gasteiger partial charge in [0.1, 0.15) is 0 Å². The number of benzene rings is 6. The second-order valence-corrected chi connectivity index (χ2v) is 12.8. The lowest BCUT2D eigenvalue weighted by Crippen LogP contribution is -2.32. The average molecular weight is 604 g/mol. The van der Waals surface area contributed by atoms with E-state index in [0.717, 1.165) is 33.6 Å². The molecule has 0 N–H and O–H groups in total. The Labute approximate surface area is 271 Å². The first-order valence-corrected chi connectivity index (χ1v) is 16.1. The molecule has 46 heavy (non-hydrogen) atoms. The molecule has 214 valence electrons. The summed E-state index contributed by atoms with van der Waals surface area (Å²) in [6.07, 6.45) is 0. The van der Waals surface area contributed by atoms with Crippen LogP contribution in [-0.2, 0) is 5.41 Å². The van der Waals surface area contributed by atoms with Crippen molar-refractivity contribution in [2.45, 2.75) is 15.2 Å². The summed E-state index contributed by atoms with van der Waals surface area (Å²) in [6.45, 7) is 0. The first-order chi connectivity index (χ1) is 22.7. The minimum atomic E-state index is -0.592. The first-order valence-electron chi connectivity index (χ1n) is 15.3. The van der Waals surface area contributed by atoms with E-state index in [0.29, 0.717) is 11.4 Å². The Morgan fingerprint density at radius 1 is 0.478 bits per heavy atom. The predicted octanol–water partition coefficient (Wildman–Crippen LogP) is 10.2. The second kappa shape index (κ2) is 10.4. The van der Waals surface area contributed by atoms with Gasteiger partial charge in [-0.15, -0.1) is 0 Å². The van der Waals surface area contributed by atoms with Crippen LogP contribution in [0.1, 0.15) is 27.8 Å². The predicted molar refractivity (Wildman–Crippen MR) is 184 cm³/mol. The van der Waals surface area contributed by atoms with Gasteiger partial charge in [0.2, 0.25) is 0 Å². The maximum absolute atomic E-state index is 10.0. The highest BCUT2D eigenvalue weighted by atomic mass is 32.2. The molecule has 0 amide bonds. The summed E-state index contributed by atoms with van der Waals surface area (Å²) < 4.78 is 0. The number of hydrogen-bond donors (Lipinski definition) is 0. The molecule has 1 aliphatic carbocycles. The molecule has 0 saturated heterocycles. The summed E-state index contributed by atoms with van der Waals surface area (Å²) in [5.74, 6) is 0.680. The second-order valence-electron chi connectivity index (χ2n) is 11.7. The van der Waals surface area contributed by atoms with Crippen LogP contribution in [0.25, 0.3) is 45.0 Å². The summed E-state index contributed by atoms with van der Waals surface area (Å²) in [5, 5.41) is 10.0. The van der Waals surface area contributed by atoms with E-state index in [-0.39, 0.29) is 0 Å². The van der Waals surface area contributed by atoms with Gasteiger partial charge in [-0.3, -0.25) is 0 Å². The molecule has 1 aromatic heterocycles. The van der Waals surface area contributed by atoms with Gasteiger partial charge in [-0.1, -0.05) is 127 Å². The number of nitriles is 1. The largest absolute Gasteiger partial charge is 0.228 e. The zero-order chi connectivity index (χ0) is 30.7. The minimum Gasteiger partial charge on any atom is -0.228 e. The van der Waals surface area contributed by atoms with Crippen LogP contribution in [0.15, 0.2) is 161 Å². The fraction of sp³-hybridized carbons (Fsp3) is 0.0238. The molecule has 1 spiro atoms. The molecule has 3 nitrogen and oxygen atoms in total. The van der Waals surface area contributed by atoms with Crippen molar-refractivity contribution < 1.29 is 0 Å². The van der Waals surface area contributed by atoms with Crippen LogP contribution in [0.4, 0.5) is 0 Å². The lowest BCUT2D eigenvalue weighted by molar-refractivity contribution is 0.722. The van der Waals surface area contributed by atoms with Crippen molar-refractivity contribution in [1.29, 1.82) is 5.26 Å². The highest BCUT2D eigenvalue weighted by Crippen LogP contribution is 2.62. The quantitative estimate of drug-likeness (QED) is 0.202. The summed E-state index contributed by atoms with van der Waals surface area (Å²) >= 11 is 1.77. The van der Waals surface area contributed by atoms with Crippen molar-refractivity contribution in [2.24, 2.45) is 0 Å². The van der Waals surface area contributed by atoms with E-state index in [2.05, 4.69) is 115 Å². The van der Waals surface area contributed by atoms with Gasteiger partial charge in [-0.2, -0.15) is 5.26 Å². The molecule has 0 radical (unpaired) electrons. The Bertz CT molecular complexity index is 2250. The normalized spacial score (nSPS) is 13.3. The Kier molecular flexibility index (Phi) is 6.03. The smallest absolute Gasteiger partial charge is 0.160 e. The summed E-state index contributed by atoms with van der Waals surface area (Å²) in [4.78, 5) is 12.7. The lowest BCUT2D eigenvalue weighted by atomic mass is 9.67. The molecule has 0 fully saturated rings. The molecule has 7 aromatic rings. The van der Waals surface area contributed by atoms with Crippen LogP contribution in [0, 0.1) is 11.3 Å². The van der Waals surface area contributed by atoms with E-state index in [9.17, 15) is 5.26 Å². The van der Waals surface area contributed by atoms with E-state index in [4.69, 9.17) is 9.97 Å². The lowest BCUT2D eigenvalue weighted by Gasteiger charge is -2.40. The average Bonchev–Trinajstić information content (AvgIpc) is 3.43. The zero-order valence-electron chi connectivity index (χ0n) is 24.7. The summed E-state index contributed by atoms with van der Waals surface area (Å²) in [5.41, 5.74) is 12.1. The fourth-order valence-corrected chi connectivity index (χ4v) is 8.35. The molecule has 0 saturated carbocycles. The summed E-state index contributed by atoms with van der Waals surface area (Å²) in [7, 11) is 0. The Morgan fingerprint density at radius 2 is 1.00 bits per heavy atom. The van der Waals surface area contributed by atoms with E-state index < -0.39 is 5.41 Å². The molecule has 1 aliphatic heterocycles. The van der Waals surface area contributed by atoms with Crippen molar-refractivity contribution in [3.8, 4) is 51.1 Å². The highest BCUT2D eigenvalue weighted by molar-refractivity contribution is 7.99. The van der Waals surface area contributed by atoms with Crippen LogP contribution in [-0.4, -0.2) is 9.97 Å². The fourth-order valence-electron chi connectivity index (χ4n) is 7.20. The van der Waals surface area contributed by atoms with Crippen LogP contribution in [0.5, 0.6) is 0 Å². The van der Waals surface area contributed by atoms with Crippen molar-refractivity contribution >= 4 is 11.8 Å². The number of aromatic nitrogens is 2. The van der Waals surface area contributed by atoms with Gasteiger partial charge in [-0.05, 0) is 69.8 Å². The molecule has 2 heterocycles. The molecule has 0 bridgehead atoms. The van der Waals surface area contributed by atoms with Gasteiger partial charge in [0.25, 0.3) is 0 Å². The van der Waals surface area contributed by atoms with Crippen molar-refractivity contribution in [3.63, 3.8) is 0 Å². The van der Waals surface area contributed by atoms with Gasteiger partial charge >= 0.3 is 0 Å². The first kappa shape index (κ1) is 26.6. The van der Waals surface area contributed by atoms with Crippen LogP contribution >= 0.6 is 11.8 Å². The van der Waals surface area contributed by atoms with Crippen LogP contribution < -0.4 is 0 Å². The molecule has 2 aliphatic rings. The van der Waals surface area contributed by atoms with Gasteiger partial charge in [-0.25, -0.2) is 9.97 Å². The van der Waals surface area contributed by atoms with Crippen LogP contribution in [0.3, 0.4) is 0 Å². The van der Waals surface area contributed by atoms with Gasteiger partial charge in [0, 0.05) is 26.5 Å². The number of hydrogen-bond acceptors (Lipinski definition) is 4. The Balaban J connectivity index is 1.34. The highest BCUT2D eigenvalue weighted by Gasteiger charge is 2.50. The van der Waals surface area contributed by atoms with Gasteiger partial charge in [0.15, 0.2) is 5.82 Å². The van der Waals surface area contributed by atoms with E-state index in [1.807, 2.05) is 42.5 Å². The van der Waals surface area contributed by atoms with E-state index in [1.54, 1.807) is 11.8 Å². The monoisotopic (exact) mass is 603 g/mol. The maximum atomic E-state index is 10.0. The van der Waals surface area contributed by atoms with Gasteiger partial charge < -0.3 is 0 Å². The zero-order valence-corrected chi connectivity index (χ0v) is 25.5. The van der Waals surface area contributed by atoms with Crippen molar-refractivity contribution in [3.05, 3.63) is 179 Å². The van der Waals surface area contributed by atoms with Crippen molar-refractivity contribution in [1.82, 2.24) is 9.97 Å². The number of fused-ring (bicyclic) bond motifs is 9. The van der Waals surface area contributed by atoms with E-state index >= 15 is 0 Å².